The molecule has 14 heavy (non-hydrogen) atoms. The Balaban J connectivity index is 3.56. The van der Waals surface area contributed by atoms with Crippen LogP contribution in [0.15, 0.2) is 11.6 Å². The molecule has 0 saturated carbocycles. The Morgan fingerprint density at radius 1 is 1.14 bits per heavy atom. The molecule has 0 spiro atoms. The lowest BCUT2D eigenvalue weighted by molar-refractivity contribution is 0.336. The van der Waals surface area contributed by atoms with E-state index in [2.05, 4.69) is 19.9 Å². The highest BCUT2D eigenvalue weighted by Crippen LogP contribution is 2.13. The van der Waals surface area contributed by atoms with Gasteiger partial charge in [-0.2, -0.15) is 0 Å². The molecule has 0 aromatic heterocycles. The van der Waals surface area contributed by atoms with E-state index in [0.29, 0.717) is 0 Å². The quantitative estimate of drug-likeness (QED) is 0.326. The highest BCUT2D eigenvalue weighted by Gasteiger charge is 1.94. The molecule has 0 bridgehead atoms. The Hall–Kier alpha value is -0.0831. The van der Waals surface area contributed by atoms with Crippen molar-refractivity contribution in [2.75, 3.05) is 6.61 Å². The Morgan fingerprint density at radius 3 is 2.29 bits per heavy atom. The van der Waals surface area contributed by atoms with Crippen molar-refractivity contribution in [3.8, 4) is 0 Å². The molecule has 0 aromatic rings. The summed E-state index contributed by atoms with van der Waals surface area (Å²) in [4.78, 5) is 0. The Morgan fingerprint density at radius 2 is 1.79 bits per heavy atom. The van der Waals surface area contributed by atoms with E-state index in [0.717, 1.165) is 17.1 Å². The van der Waals surface area contributed by atoms with Gasteiger partial charge in [0.05, 0.1) is 0 Å². The average molecular weight is 214 g/mol. The van der Waals surface area contributed by atoms with E-state index in [4.69, 9.17) is 4.43 Å². The van der Waals surface area contributed by atoms with E-state index in [-0.39, 0.29) is 0 Å². The molecule has 0 aromatic carbocycles. The Bertz CT molecular complexity index is 135. The SMILES string of the molecule is CCCC(=CCCCCO[SiH3])CCC. The van der Waals surface area contributed by atoms with Gasteiger partial charge >= 0.3 is 0 Å². The molecule has 1 nitrogen and oxygen atoms in total. The maximum absolute atomic E-state index is 5.16. The van der Waals surface area contributed by atoms with Crippen molar-refractivity contribution in [3.63, 3.8) is 0 Å². The predicted octanol–water partition coefficient (Wildman–Crippen LogP) is 2.98. The minimum Gasteiger partial charge on any atom is -0.428 e. The van der Waals surface area contributed by atoms with Crippen LogP contribution in [0.5, 0.6) is 0 Å². The van der Waals surface area contributed by atoms with Crippen LogP contribution in [-0.2, 0) is 4.43 Å². The standard InChI is InChI=1S/C12H26OSi/c1-3-8-12(9-4-2)10-6-5-7-11-13-14/h10H,3-9,11H2,1-2,14H3. The summed E-state index contributed by atoms with van der Waals surface area (Å²) in [7, 11) is 0.891. The van der Waals surface area contributed by atoms with Crippen molar-refractivity contribution >= 4 is 10.5 Å². The van der Waals surface area contributed by atoms with E-state index in [1.54, 1.807) is 5.57 Å². The summed E-state index contributed by atoms with van der Waals surface area (Å²) >= 11 is 0. The van der Waals surface area contributed by atoms with E-state index in [1.165, 1.54) is 44.9 Å². The summed E-state index contributed by atoms with van der Waals surface area (Å²) in [6.07, 6.45) is 11.4. The van der Waals surface area contributed by atoms with Crippen molar-refractivity contribution in [2.24, 2.45) is 0 Å². The molecule has 2 heteroatoms. The summed E-state index contributed by atoms with van der Waals surface area (Å²) < 4.78 is 5.16. The first-order chi connectivity index (χ1) is 6.85. The zero-order valence-electron chi connectivity index (χ0n) is 10.1. The molecular formula is C12H26OSi. The zero-order chi connectivity index (χ0) is 10.6. The van der Waals surface area contributed by atoms with Gasteiger partial charge in [-0.05, 0) is 32.1 Å². The second-order valence-electron chi connectivity index (χ2n) is 3.85. The second-order valence-corrected chi connectivity index (χ2v) is 4.43. The van der Waals surface area contributed by atoms with Crippen LogP contribution in [0.25, 0.3) is 0 Å². The third kappa shape index (κ3) is 8.51. The normalized spacial score (nSPS) is 10.4. The Labute approximate surface area is 92.5 Å². The fraction of sp³-hybridized carbons (Fsp3) is 0.833. The van der Waals surface area contributed by atoms with Crippen LogP contribution in [0, 0.1) is 0 Å². The lowest BCUT2D eigenvalue weighted by Crippen LogP contribution is -1.89. The summed E-state index contributed by atoms with van der Waals surface area (Å²) in [6, 6.07) is 0. The third-order valence-corrected chi connectivity index (χ3v) is 2.79. The van der Waals surface area contributed by atoms with Crippen LogP contribution in [0.2, 0.25) is 0 Å². The van der Waals surface area contributed by atoms with Crippen molar-refractivity contribution in [1.82, 2.24) is 0 Å². The smallest absolute Gasteiger partial charge is 0.145 e. The van der Waals surface area contributed by atoms with Gasteiger partial charge in [-0.25, -0.2) is 0 Å². The fourth-order valence-corrected chi connectivity index (χ4v) is 1.96. The van der Waals surface area contributed by atoms with Gasteiger partial charge in [0, 0.05) is 6.61 Å². The van der Waals surface area contributed by atoms with Crippen LogP contribution in [0.4, 0.5) is 0 Å². The molecule has 0 amide bonds. The van der Waals surface area contributed by atoms with Gasteiger partial charge in [-0.3, -0.25) is 0 Å². The van der Waals surface area contributed by atoms with Crippen LogP contribution in [0.3, 0.4) is 0 Å². The molecule has 0 rings (SSSR count). The Kier molecular flexibility index (Phi) is 10.9. The molecule has 0 atom stereocenters. The van der Waals surface area contributed by atoms with Gasteiger partial charge in [0.15, 0.2) is 0 Å². The van der Waals surface area contributed by atoms with Crippen molar-refractivity contribution in [3.05, 3.63) is 11.6 Å². The number of hydrogen-bond acceptors (Lipinski definition) is 1. The summed E-state index contributed by atoms with van der Waals surface area (Å²) in [6.45, 7) is 5.50. The predicted molar refractivity (Wildman–Crippen MR) is 67.6 cm³/mol. The van der Waals surface area contributed by atoms with Crippen molar-refractivity contribution in [2.45, 2.75) is 58.8 Å². The lowest BCUT2D eigenvalue weighted by Gasteiger charge is -2.04. The lowest BCUT2D eigenvalue weighted by atomic mass is 10.0. The highest BCUT2D eigenvalue weighted by atomic mass is 28.2. The fourth-order valence-electron chi connectivity index (χ4n) is 1.67. The van der Waals surface area contributed by atoms with Crippen LogP contribution in [-0.4, -0.2) is 17.1 Å². The van der Waals surface area contributed by atoms with Gasteiger partial charge in [0.1, 0.15) is 10.5 Å². The molecule has 0 unspecified atom stereocenters. The number of hydrogen-bond donors (Lipinski definition) is 0. The maximum atomic E-state index is 5.16. The van der Waals surface area contributed by atoms with E-state index in [9.17, 15) is 0 Å². The van der Waals surface area contributed by atoms with E-state index >= 15 is 0 Å². The van der Waals surface area contributed by atoms with Gasteiger partial charge < -0.3 is 4.43 Å². The van der Waals surface area contributed by atoms with Crippen molar-refractivity contribution < 1.29 is 4.43 Å². The zero-order valence-corrected chi connectivity index (χ0v) is 12.1. The molecule has 0 heterocycles. The largest absolute Gasteiger partial charge is 0.428 e. The molecule has 0 aliphatic carbocycles. The molecular weight excluding hydrogens is 188 g/mol. The average Bonchev–Trinajstić information content (AvgIpc) is 2.18. The topological polar surface area (TPSA) is 9.23 Å². The van der Waals surface area contributed by atoms with Gasteiger partial charge in [0.2, 0.25) is 0 Å². The molecule has 0 fully saturated rings. The van der Waals surface area contributed by atoms with Crippen LogP contribution in [0.1, 0.15) is 58.8 Å². The molecule has 0 saturated heterocycles. The number of allylic oxidation sites excluding steroid dienone is 2. The molecule has 0 aliphatic heterocycles. The van der Waals surface area contributed by atoms with E-state index in [1.807, 2.05) is 0 Å². The summed E-state index contributed by atoms with van der Waals surface area (Å²) in [5.41, 5.74) is 1.67. The van der Waals surface area contributed by atoms with Gasteiger partial charge in [0.25, 0.3) is 0 Å². The molecule has 0 aliphatic rings. The minimum atomic E-state index is 0.891. The van der Waals surface area contributed by atoms with Gasteiger partial charge in [-0.15, -0.1) is 0 Å². The summed E-state index contributed by atoms with van der Waals surface area (Å²) in [5, 5.41) is 0. The monoisotopic (exact) mass is 214 g/mol. The van der Waals surface area contributed by atoms with Crippen molar-refractivity contribution in [1.29, 1.82) is 0 Å². The first-order valence-corrected chi connectivity index (χ1v) is 6.83. The molecule has 84 valence electrons. The summed E-state index contributed by atoms with van der Waals surface area (Å²) in [5.74, 6) is 0. The highest BCUT2D eigenvalue weighted by molar-refractivity contribution is 5.97. The van der Waals surface area contributed by atoms with Crippen LogP contribution < -0.4 is 0 Å². The molecule has 0 N–H and O–H groups in total. The third-order valence-electron chi connectivity index (χ3n) is 2.38. The number of unbranched alkanes of at least 4 members (excludes halogenated alkanes) is 2. The molecule has 0 radical (unpaired) electrons. The minimum absolute atomic E-state index is 0.891. The van der Waals surface area contributed by atoms with Gasteiger partial charge in [-0.1, -0.05) is 38.3 Å². The second kappa shape index (κ2) is 11.0. The van der Waals surface area contributed by atoms with E-state index < -0.39 is 0 Å². The first kappa shape index (κ1) is 13.9. The van der Waals surface area contributed by atoms with Crippen LogP contribution >= 0.6 is 0 Å². The maximum Gasteiger partial charge on any atom is 0.145 e. The number of rotatable bonds is 9. The first-order valence-electron chi connectivity index (χ1n) is 6.02.